The molecule has 4 fully saturated rings. The molecule has 0 unspecified atom stereocenters. The molecule has 170 valence electrons. The summed E-state index contributed by atoms with van der Waals surface area (Å²) in [6.45, 7) is 4.34. The maximum Gasteiger partial charge on any atom is 0.343 e. The average Bonchev–Trinajstić information content (AvgIpc) is 3.40. The highest BCUT2D eigenvalue weighted by atomic mass is 16.6. The van der Waals surface area contributed by atoms with Crippen LogP contribution in [0.4, 0.5) is 0 Å². The zero-order valence-corrected chi connectivity index (χ0v) is 19.0. The summed E-state index contributed by atoms with van der Waals surface area (Å²) in [5.74, 6) is -0.0467. The Bertz CT molecular complexity index is 901. The predicted molar refractivity (Wildman–Crippen MR) is 125 cm³/mol. The van der Waals surface area contributed by atoms with Gasteiger partial charge in [-0.3, -0.25) is 0 Å². The van der Waals surface area contributed by atoms with E-state index in [0.29, 0.717) is 11.5 Å². The van der Waals surface area contributed by atoms with E-state index in [1.165, 1.54) is 18.7 Å². The lowest BCUT2D eigenvalue weighted by atomic mass is 9.79. The van der Waals surface area contributed by atoms with Crippen LogP contribution in [-0.2, 0) is 21.6 Å². The maximum atomic E-state index is 13.6. The highest BCUT2D eigenvalue weighted by Gasteiger charge is 2.52. The zero-order chi connectivity index (χ0) is 22.0. The van der Waals surface area contributed by atoms with Crippen LogP contribution >= 0.6 is 0 Å². The molecule has 0 radical (unpaired) electrons. The van der Waals surface area contributed by atoms with Crippen LogP contribution in [0.25, 0.3) is 0 Å². The molecule has 2 atom stereocenters. The third-order valence-electron chi connectivity index (χ3n) is 8.49. The Kier molecular flexibility index (Phi) is 6.09. The second kappa shape index (κ2) is 8.99. The van der Waals surface area contributed by atoms with Gasteiger partial charge in [-0.2, -0.15) is 0 Å². The van der Waals surface area contributed by atoms with Gasteiger partial charge in [-0.15, -0.1) is 0 Å². The number of nitrogens with zero attached hydrogens (tertiary/aromatic N) is 1. The Labute approximate surface area is 191 Å². The molecule has 0 spiro atoms. The molecule has 6 rings (SSSR count). The van der Waals surface area contributed by atoms with E-state index in [9.17, 15) is 9.90 Å². The van der Waals surface area contributed by atoms with E-state index in [4.69, 9.17) is 4.74 Å². The average molecular weight is 435 g/mol. The SMILES string of the molecule is O=C(O[C@H]1C[N+]2(CCc3ccccc3)CCC1CC2)[C@](O)(c1ccccc1)C1CCCC1. The highest BCUT2D eigenvalue weighted by molar-refractivity contribution is 5.81. The van der Waals surface area contributed by atoms with Crippen LogP contribution in [0.5, 0.6) is 0 Å². The molecule has 2 bridgehead atoms. The van der Waals surface area contributed by atoms with Crippen LogP contribution in [0.2, 0.25) is 0 Å². The van der Waals surface area contributed by atoms with Gasteiger partial charge in [0.05, 0.1) is 19.6 Å². The van der Waals surface area contributed by atoms with E-state index in [0.717, 1.165) is 62.5 Å². The minimum atomic E-state index is -1.53. The Hall–Kier alpha value is -2.17. The van der Waals surface area contributed by atoms with E-state index in [2.05, 4.69) is 30.3 Å². The van der Waals surface area contributed by atoms with E-state index in [-0.39, 0.29) is 12.0 Å². The first kappa shape index (κ1) is 21.7. The highest BCUT2D eigenvalue weighted by Crippen LogP contribution is 2.43. The molecule has 3 aliphatic heterocycles. The number of rotatable bonds is 7. The molecule has 1 saturated carbocycles. The van der Waals surface area contributed by atoms with Crippen molar-refractivity contribution in [1.29, 1.82) is 0 Å². The summed E-state index contributed by atoms with van der Waals surface area (Å²) in [5.41, 5.74) is 0.533. The number of hydrogen-bond donors (Lipinski definition) is 1. The Morgan fingerprint density at radius 2 is 1.56 bits per heavy atom. The van der Waals surface area contributed by atoms with Crippen molar-refractivity contribution in [3.8, 4) is 0 Å². The van der Waals surface area contributed by atoms with Crippen LogP contribution in [0.1, 0.15) is 49.7 Å². The summed E-state index contributed by atoms with van der Waals surface area (Å²) in [4.78, 5) is 13.6. The standard InChI is InChI=1S/C28H36NO3/c30-27(28(31,25-13-7-8-14-25)24-11-5-2-6-12-24)32-26-21-29(19-16-23(26)17-20-29)18-15-22-9-3-1-4-10-22/h1-6,9-12,23,25-26,31H,7-8,13-21H2/q+1/t23?,26-,28-,29?/m0/s1. The number of hydrogen-bond acceptors (Lipinski definition) is 3. The summed E-state index contributed by atoms with van der Waals surface area (Å²) >= 11 is 0. The molecular formula is C28H36NO3+. The van der Waals surface area contributed by atoms with E-state index in [1.54, 1.807) is 0 Å². The first-order chi connectivity index (χ1) is 15.6. The quantitative estimate of drug-likeness (QED) is 0.517. The van der Waals surface area contributed by atoms with Crippen LogP contribution in [0, 0.1) is 11.8 Å². The Morgan fingerprint density at radius 1 is 0.938 bits per heavy atom. The number of piperidine rings is 3. The fourth-order valence-corrected chi connectivity index (χ4v) is 6.46. The van der Waals surface area contributed by atoms with Crippen LogP contribution in [0.15, 0.2) is 60.7 Å². The van der Waals surface area contributed by atoms with Gasteiger partial charge in [0.25, 0.3) is 0 Å². The molecule has 1 N–H and O–H groups in total. The third-order valence-corrected chi connectivity index (χ3v) is 8.49. The molecule has 1 aliphatic carbocycles. The van der Waals surface area contributed by atoms with Gasteiger partial charge in [0.15, 0.2) is 11.7 Å². The van der Waals surface area contributed by atoms with Crippen molar-refractivity contribution < 1.29 is 19.1 Å². The normalized spacial score (nSPS) is 29.5. The summed E-state index contributed by atoms with van der Waals surface area (Å²) in [6, 6.07) is 20.2. The summed E-state index contributed by atoms with van der Waals surface area (Å²) < 4.78 is 7.27. The van der Waals surface area contributed by atoms with Crippen molar-refractivity contribution in [3.05, 3.63) is 71.8 Å². The lowest BCUT2D eigenvalue weighted by molar-refractivity contribution is -0.946. The number of fused-ring (bicyclic) bond motifs is 3. The Balaban J connectivity index is 1.31. The molecule has 4 aliphatic rings. The topological polar surface area (TPSA) is 46.5 Å². The predicted octanol–water partition coefficient (Wildman–Crippen LogP) is 4.46. The van der Waals surface area contributed by atoms with E-state index in [1.807, 2.05) is 30.3 Å². The second-order valence-corrected chi connectivity index (χ2v) is 10.3. The summed E-state index contributed by atoms with van der Waals surface area (Å²) in [6.07, 6.45) is 7.09. The number of ether oxygens (including phenoxy) is 1. The summed E-state index contributed by atoms with van der Waals surface area (Å²) in [7, 11) is 0. The third kappa shape index (κ3) is 4.11. The Morgan fingerprint density at radius 3 is 2.22 bits per heavy atom. The monoisotopic (exact) mass is 434 g/mol. The van der Waals surface area contributed by atoms with Crippen molar-refractivity contribution >= 4 is 5.97 Å². The van der Waals surface area contributed by atoms with Crippen molar-refractivity contribution in [3.63, 3.8) is 0 Å². The molecule has 2 aromatic rings. The number of aliphatic hydroxyl groups is 1. The van der Waals surface area contributed by atoms with Crippen molar-refractivity contribution in [2.75, 3.05) is 26.2 Å². The lowest BCUT2D eigenvalue weighted by Gasteiger charge is -2.52. The van der Waals surface area contributed by atoms with Gasteiger partial charge in [0, 0.05) is 31.1 Å². The number of benzene rings is 2. The van der Waals surface area contributed by atoms with Gasteiger partial charge >= 0.3 is 5.97 Å². The van der Waals surface area contributed by atoms with Crippen molar-refractivity contribution in [2.45, 2.75) is 56.7 Å². The maximum absolute atomic E-state index is 13.6. The molecule has 2 aromatic carbocycles. The molecule has 0 amide bonds. The van der Waals surface area contributed by atoms with Gasteiger partial charge in [-0.1, -0.05) is 73.5 Å². The van der Waals surface area contributed by atoms with Gasteiger partial charge in [0.1, 0.15) is 6.54 Å². The fourth-order valence-electron chi connectivity index (χ4n) is 6.46. The largest absolute Gasteiger partial charge is 0.454 e. The smallest absolute Gasteiger partial charge is 0.343 e. The zero-order valence-electron chi connectivity index (χ0n) is 19.0. The van der Waals surface area contributed by atoms with Gasteiger partial charge in [0.2, 0.25) is 0 Å². The lowest BCUT2D eigenvalue weighted by Crippen LogP contribution is -2.65. The van der Waals surface area contributed by atoms with Crippen molar-refractivity contribution in [2.24, 2.45) is 11.8 Å². The molecule has 3 saturated heterocycles. The van der Waals surface area contributed by atoms with Crippen molar-refractivity contribution in [1.82, 2.24) is 0 Å². The second-order valence-electron chi connectivity index (χ2n) is 10.3. The van der Waals surface area contributed by atoms with Crippen LogP contribution in [0.3, 0.4) is 0 Å². The van der Waals surface area contributed by atoms with Crippen LogP contribution in [-0.4, -0.2) is 47.8 Å². The molecule has 4 nitrogen and oxygen atoms in total. The number of esters is 1. The minimum absolute atomic E-state index is 0.0558. The number of carbonyl (C=O) groups excluding carboxylic acids is 1. The van der Waals surface area contributed by atoms with Gasteiger partial charge in [-0.05, 0) is 24.0 Å². The summed E-state index contributed by atoms with van der Waals surface area (Å²) in [5, 5.41) is 11.8. The molecule has 0 aromatic heterocycles. The molecule has 4 heteroatoms. The number of quaternary nitrogens is 1. The molecular weight excluding hydrogens is 398 g/mol. The first-order valence-corrected chi connectivity index (χ1v) is 12.5. The van der Waals surface area contributed by atoms with E-state index >= 15 is 0 Å². The fraction of sp³-hybridized carbons (Fsp3) is 0.536. The van der Waals surface area contributed by atoms with Gasteiger partial charge in [-0.25, -0.2) is 4.79 Å². The minimum Gasteiger partial charge on any atom is -0.454 e. The van der Waals surface area contributed by atoms with E-state index < -0.39 is 11.6 Å². The van der Waals surface area contributed by atoms with Crippen LogP contribution < -0.4 is 0 Å². The molecule has 3 heterocycles. The number of carbonyl (C=O) groups is 1. The first-order valence-electron chi connectivity index (χ1n) is 12.5. The van der Waals surface area contributed by atoms with Gasteiger partial charge < -0.3 is 14.3 Å². The molecule has 32 heavy (non-hydrogen) atoms.